The van der Waals surface area contributed by atoms with Crippen LogP contribution in [0.2, 0.25) is 5.15 Å². The van der Waals surface area contributed by atoms with E-state index < -0.39 is 0 Å². The number of aromatic nitrogens is 2. The molecule has 3 fully saturated rings. The van der Waals surface area contributed by atoms with Crippen molar-refractivity contribution in [2.75, 3.05) is 13.6 Å². The second kappa shape index (κ2) is 18.2. The van der Waals surface area contributed by atoms with Gasteiger partial charge in [-0.05, 0) is 95.4 Å². The fourth-order valence-electron chi connectivity index (χ4n) is 6.28. The largest absolute Gasteiger partial charge is 0.303 e. The first-order valence-electron chi connectivity index (χ1n) is 15.9. The van der Waals surface area contributed by atoms with E-state index in [4.69, 9.17) is 22.0 Å². The lowest BCUT2D eigenvalue weighted by atomic mass is 9.80. The highest BCUT2D eigenvalue weighted by Crippen LogP contribution is 2.33. The Bertz CT molecular complexity index is 853. The fraction of sp³-hybridized carbons (Fsp3) is 0.788. The number of rotatable bonds is 9. The molecule has 1 N–H and O–H groups in total. The Labute approximate surface area is 240 Å². The molecule has 0 amide bonds. The summed E-state index contributed by atoms with van der Waals surface area (Å²) in [6, 6.07) is 2.52. The van der Waals surface area contributed by atoms with Gasteiger partial charge in [0, 0.05) is 11.7 Å². The SMILES string of the molecule is CC.CC1CCCC1.CCCC/C(C(=N)c1nc(Cl)cc(CC[C@@H]2CCCN2C)n1)=C(/C)C1CCCCC1. The highest BCUT2D eigenvalue weighted by Gasteiger charge is 2.23. The Hall–Kier alpha value is -1.26. The van der Waals surface area contributed by atoms with Crippen molar-refractivity contribution >= 4 is 17.3 Å². The summed E-state index contributed by atoms with van der Waals surface area (Å²) in [7, 11) is 2.21. The molecule has 2 saturated carbocycles. The first kappa shape index (κ1) is 32.9. The van der Waals surface area contributed by atoms with Crippen molar-refractivity contribution in [3.05, 3.63) is 33.9 Å². The molecule has 1 aromatic heterocycles. The van der Waals surface area contributed by atoms with Crippen molar-refractivity contribution < 1.29 is 0 Å². The highest BCUT2D eigenvalue weighted by molar-refractivity contribution is 6.29. The van der Waals surface area contributed by atoms with Gasteiger partial charge < -0.3 is 4.90 Å². The number of likely N-dealkylation sites (tertiary alicyclic amines) is 1. The van der Waals surface area contributed by atoms with Crippen molar-refractivity contribution in [1.29, 1.82) is 5.41 Å². The molecule has 0 bridgehead atoms. The maximum absolute atomic E-state index is 8.99. The van der Waals surface area contributed by atoms with Crippen LogP contribution in [0.1, 0.15) is 142 Å². The fourth-order valence-corrected chi connectivity index (χ4v) is 6.49. The molecule has 5 heteroatoms. The second-order valence-corrected chi connectivity index (χ2v) is 12.1. The van der Waals surface area contributed by atoms with E-state index in [9.17, 15) is 0 Å². The smallest absolute Gasteiger partial charge is 0.179 e. The maximum Gasteiger partial charge on any atom is 0.179 e. The Morgan fingerprint density at radius 1 is 1.00 bits per heavy atom. The van der Waals surface area contributed by atoms with Crippen LogP contribution < -0.4 is 0 Å². The predicted octanol–water partition coefficient (Wildman–Crippen LogP) is 9.83. The molecule has 4 rings (SSSR count). The van der Waals surface area contributed by atoms with Gasteiger partial charge in [-0.15, -0.1) is 0 Å². The number of unbranched alkanes of at least 4 members (excludes halogenated alkanes) is 1. The molecule has 0 unspecified atom stereocenters. The number of allylic oxidation sites excluding steroid dienone is 2. The van der Waals surface area contributed by atoms with Gasteiger partial charge in [0.05, 0.1) is 0 Å². The topological polar surface area (TPSA) is 52.9 Å². The summed E-state index contributed by atoms with van der Waals surface area (Å²) in [5, 5.41) is 9.45. The van der Waals surface area contributed by atoms with Crippen LogP contribution in [0.25, 0.3) is 0 Å². The molecule has 1 atom stereocenters. The zero-order chi connectivity index (χ0) is 27.9. The van der Waals surface area contributed by atoms with Gasteiger partial charge >= 0.3 is 0 Å². The first-order valence-corrected chi connectivity index (χ1v) is 16.3. The lowest BCUT2D eigenvalue weighted by Gasteiger charge is -2.25. The van der Waals surface area contributed by atoms with Crippen molar-refractivity contribution in [3.63, 3.8) is 0 Å². The zero-order valence-corrected chi connectivity index (χ0v) is 26.3. The van der Waals surface area contributed by atoms with E-state index in [0.717, 1.165) is 49.3 Å². The van der Waals surface area contributed by atoms with E-state index >= 15 is 0 Å². The number of nitrogens with zero attached hydrogens (tertiary/aromatic N) is 3. The molecule has 216 valence electrons. The predicted molar refractivity (Wildman–Crippen MR) is 166 cm³/mol. The molecule has 0 aromatic carbocycles. The van der Waals surface area contributed by atoms with Gasteiger partial charge in [-0.25, -0.2) is 9.97 Å². The quantitative estimate of drug-likeness (QED) is 0.248. The summed E-state index contributed by atoms with van der Waals surface area (Å²) in [4.78, 5) is 11.7. The van der Waals surface area contributed by atoms with Crippen molar-refractivity contribution in [1.82, 2.24) is 14.9 Å². The molecule has 4 nitrogen and oxygen atoms in total. The van der Waals surface area contributed by atoms with Gasteiger partial charge in [0.25, 0.3) is 0 Å². The normalized spacial score (nSPS) is 21.3. The minimum atomic E-state index is 0.463. The van der Waals surface area contributed by atoms with Gasteiger partial charge in [0.15, 0.2) is 5.82 Å². The van der Waals surface area contributed by atoms with Crippen LogP contribution in [0.4, 0.5) is 0 Å². The Morgan fingerprint density at radius 3 is 2.21 bits per heavy atom. The number of aryl methyl sites for hydroxylation is 1. The van der Waals surface area contributed by atoms with Gasteiger partial charge in [-0.2, -0.15) is 0 Å². The van der Waals surface area contributed by atoms with Crippen LogP contribution in [-0.4, -0.2) is 40.2 Å². The summed E-state index contributed by atoms with van der Waals surface area (Å²) in [5.41, 5.74) is 4.02. The van der Waals surface area contributed by atoms with Crippen molar-refractivity contribution in [2.24, 2.45) is 11.8 Å². The van der Waals surface area contributed by atoms with Crippen LogP contribution in [0, 0.1) is 17.2 Å². The van der Waals surface area contributed by atoms with Crippen LogP contribution in [0.15, 0.2) is 17.2 Å². The molecule has 0 spiro atoms. The third-order valence-corrected chi connectivity index (χ3v) is 8.99. The highest BCUT2D eigenvalue weighted by atomic mass is 35.5. The molecule has 1 aliphatic heterocycles. The average Bonchev–Trinajstić information content (AvgIpc) is 3.59. The van der Waals surface area contributed by atoms with Crippen LogP contribution >= 0.6 is 11.6 Å². The number of hydrogen-bond acceptors (Lipinski definition) is 4. The molecule has 1 aromatic rings. The van der Waals surface area contributed by atoms with Crippen molar-refractivity contribution in [2.45, 2.75) is 143 Å². The third-order valence-electron chi connectivity index (χ3n) is 8.80. The van der Waals surface area contributed by atoms with E-state index in [1.54, 1.807) is 0 Å². The van der Waals surface area contributed by atoms with Crippen LogP contribution in [0.3, 0.4) is 0 Å². The summed E-state index contributed by atoms with van der Waals surface area (Å²) < 4.78 is 0. The Morgan fingerprint density at radius 2 is 1.66 bits per heavy atom. The Kier molecular flexibility index (Phi) is 15.7. The summed E-state index contributed by atoms with van der Waals surface area (Å²) >= 11 is 6.38. The molecule has 1 saturated heterocycles. The molecular weight excluding hydrogens is 488 g/mol. The summed E-state index contributed by atoms with van der Waals surface area (Å²) in [6.45, 7) is 12.0. The van der Waals surface area contributed by atoms with Crippen LogP contribution in [-0.2, 0) is 6.42 Å². The minimum absolute atomic E-state index is 0.463. The minimum Gasteiger partial charge on any atom is -0.303 e. The van der Waals surface area contributed by atoms with E-state index in [-0.39, 0.29) is 0 Å². The van der Waals surface area contributed by atoms with Gasteiger partial charge in [0.1, 0.15) is 10.9 Å². The van der Waals surface area contributed by atoms with E-state index in [0.29, 0.717) is 28.6 Å². The summed E-state index contributed by atoms with van der Waals surface area (Å²) in [5.74, 6) is 2.17. The molecule has 0 radical (unpaired) electrons. The molecule has 38 heavy (non-hydrogen) atoms. The lowest BCUT2D eigenvalue weighted by Crippen LogP contribution is -2.25. The number of halogens is 1. The molecule has 2 aliphatic carbocycles. The molecule has 3 aliphatic rings. The lowest BCUT2D eigenvalue weighted by molar-refractivity contribution is 0.296. The van der Waals surface area contributed by atoms with E-state index in [1.807, 2.05) is 19.9 Å². The van der Waals surface area contributed by atoms with Crippen LogP contribution in [0.5, 0.6) is 0 Å². The summed E-state index contributed by atoms with van der Waals surface area (Å²) in [6.07, 6.45) is 20.1. The van der Waals surface area contributed by atoms with Crippen molar-refractivity contribution in [3.8, 4) is 0 Å². The maximum atomic E-state index is 8.99. The number of hydrogen-bond donors (Lipinski definition) is 1. The molecule has 2 heterocycles. The van der Waals surface area contributed by atoms with Gasteiger partial charge in [0.2, 0.25) is 0 Å². The van der Waals surface area contributed by atoms with E-state index in [1.165, 1.54) is 82.7 Å². The zero-order valence-electron chi connectivity index (χ0n) is 25.5. The standard InChI is InChI=1S/C25H39ClN4.C6H12.C2H6/c1-4-5-13-22(18(2)19-10-7-6-8-11-19)24(27)25-28-20(17-23(26)29-25)14-15-21-12-9-16-30(21)3;1-6-4-2-3-5-6;1-2/h17,19,21,27H,4-16H2,1-3H3;6H,2-5H2,1H3;1-2H3/b22-18+,27-24?;;/t21-;;/m0../s1. The Balaban J connectivity index is 0.000000548. The second-order valence-electron chi connectivity index (χ2n) is 11.7. The third kappa shape index (κ3) is 10.7. The average molecular weight is 545 g/mol. The van der Waals surface area contributed by atoms with Gasteiger partial charge in [-0.3, -0.25) is 5.41 Å². The molecular formula is C33H57ClN4. The van der Waals surface area contributed by atoms with E-state index in [2.05, 4.69) is 37.7 Å². The monoisotopic (exact) mass is 544 g/mol. The first-order chi connectivity index (χ1) is 18.4. The van der Waals surface area contributed by atoms with Gasteiger partial charge in [-0.1, -0.05) is 96.2 Å². The number of nitrogens with one attached hydrogen (secondary N) is 1.